The van der Waals surface area contributed by atoms with E-state index in [4.69, 9.17) is 5.11 Å². The molecule has 0 atom stereocenters. The summed E-state index contributed by atoms with van der Waals surface area (Å²) in [5.74, 6) is -1.34. The number of aliphatic carboxylic acids is 1. The lowest BCUT2D eigenvalue weighted by molar-refractivity contribution is -0.134. The largest absolute Gasteiger partial charge is 0.478 e. The summed E-state index contributed by atoms with van der Waals surface area (Å²) < 4.78 is 0. The molecule has 2 amide bonds. The van der Waals surface area contributed by atoms with Gasteiger partial charge in [0.15, 0.2) is 0 Å². The topological polar surface area (TPSA) is 86.7 Å². The molecule has 2 N–H and O–H groups in total. The molecule has 6 nitrogen and oxygen atoms in total. The first-order valence-corrected chi connectivity index (χ1v) is 6.86. The Morgan fingerprint density at radius 1 is 1.15 bits per heavy atom. The molecule has 0 aromatic rings. The van der Waals surface area contributed by atoms with Crippen molar-refractivity contribution in [3.63, 3.8) is 0 Å². The standard InChI is InChI=1S/C14H22N2O4/c1-4-15-12(17)11-5-7-16(8-6-11)13(18)9(2)10(3)14(19)20/h11H,4-8H2,1-3H3,(H,15,17)(H,19,20). The van der Waals surface area contributed by atoms with Gasteiger partial charge in [-0.15, -0.1) is 0 Å². The van der Waals surface area contributed by atoms with Gasteiger partial charge in [-0.2, -0.15) is 0 Å². The lowest BCUT2D eigenvalue weighted by Gasteiger charge is -2.31. The van der Waals surface area contributed by atoms with Gasteiger partial charge in [0.05, 0.1) is 0 Å². The Balaban J connectivity index is 2.62. The van der Waals surface area contributed by atoms with Gasteiger partial charge in [-0.1, -0.05) is 0 Å². The Bertz CT molecular complexity index is 434. The fraction of sp³-hybridized carbons (Fsp3) is 0.643. The van der Waals surface area contributed by atoms with Gasteiger partial charge in [0.2, 0.25) is 11.8 Å². The first kappa shape index (κ1) is 16.2. The smallest absolute Gasteiger partial charge is 0.331 e. The molecule has 0 aromatic heterocycles. The molecule has 0 radical (unpaired) electrons. The minimum Gasteiger partial charge on any atom is -0.478 e. The molecule has 1 rings (SSSR count). The second-order valence-electron chi connectivity index (χ2n) is 5.02. The first-order valence-electron chi connectivity index (χ1n) is 6.86. The maximum absolute atomic E-state index is 12.2. The molecule has 0 saturated carbocycles. The molecule has 0 bridgehead atoms. The van der Waals surface area contributed by atoms with Crippen LogP contribution in [0.1, 0.15) is 33.6 Å². The van der Waals surface area contributed by atoms with Crippen LogP contribution < -0.4 is 5.32 Å². The summed E-state index contributed by atoms with van der Waals surface area (Å²) in [5.41, 5.74) is 0.329. The number of carboxylic acids is 1. The fourth-order valence-corrected chi connectivity index (χ4v) is 2.22. The third-order valence-electron chi connectivity index (χ3n) is 3.71. The summed E-state index contributed by atoms with van der Waals surface area (Å²) in [6.45, 7) is 6.42. The monoisotopic (exact) mass is 282 g/mol. The molecule has 1 saturated heterocycles. The summed E-state index contributed by atoms with van der Waals surface area (Å²) in [6, 6.07) is 0. The van der Waals surface area contributed by atoms with Crippen LogP contribution in [-0.2, 0) is 14.4 Å². The quantitative estimate of drug-likeness (QED) is 0.746. The number of nitrogens with zero attached hydrogens (tertiary/aromatic N) is 1. The van der Waals surface area contributed by atoms with Crippen LogP contribution in [0.3, 0.4) is 0 Å². The molecule has 0 aliphatic carbocycles. The number of carboxylic acid groups (broad SMARTS) is 1. The van der Waals surface area contributed by atoms with E-state index in [0.29, 0.717) is 32.5 Å². The first-order chi connectivity index (χ1) is 9.38. The molecule has 0 aromatic carbocycles. The van der Waals surface area contributed by atoms with Crippen molar-refractivity contribution < 1.29 is 19.5 Å². The van der Waals surface area contributed by atoms with Gasteiger partial charge in [0, 0.05) is 36.7 Å². The maximum Gasteiger partial charge on any atom is 0.331 e. The number of hydrogen-bond acceptors (Lipinski definition) is 3. The number of nitrogens with one attached hydrogen (secondary N) is 1. The Labute approximate surface area is 118 Å². The second kappa shape index (κ2) is 7.07. The van der Waals surface area contributed by atoms with E-state index in [-0.39, 0.29) is 28.9 Å². The number of carbonyl (C=O) groups excluding carboxylic acids is 2. The van der Waals surface area contributed by atoms with Crippen molar-refractivity contribution in [2.75, 3.05) is 19.6 Å². The van der Waals surface area contributed by atoms with Crippen LogP contribution in [0, 0.1) is 5.92 Å². The van der Waals surface area contributed by atoms with Crippen LogP contribution in [-0.4, -0.2) is 47.4 Å². The average Bonchev–Trinajstić information content (AvgIpc) is 2.45. The molecule has 1 aliphatic rings. The van der Waals surface area contributed by atoms with Gasteiger partial charge in [-0.05, 0) is 33.6 Å². The zero-order chi connectivity index (χ0) is 15.3. The Hall–Kier alpha value is -1.85. The van der Waals surface area contributed by atoms with Gasteiger partial charge in [-0.3, -0.25) is 9.59 Å². The second-order valence-corrected chi connectivity index (χ2v) is 5.02. The van der Waals surface area contributed by atoms with Crippen molar-refractivity contribution in [1.29, 1.82) is 0 Å². The van der Waals surface area contributed by atoms with Crippen LogP contribution in [0.2, 0.25) is 0 Å². The van der Waals surface area contributed by atoms with Gasteiger partial charge in [0.25, 0.3) is 0 Å². The van der Waals surface area contributed by atoms with E-state index < -0.39 is 5.97 Å². The van der Waals surface area contributed by atoms with Gasteiger partial charge >= 0.3 is 5.97 Å². The molecule has 1 heterocycles. The van der Waals surface area contributed by atoms with Crippen molar-refractivity contribution in [2.24, 2.45) is 5.92 Å². The highest BCUT2D eigenvalue weighted by Crippen LogP contribution is 2.19. The maximum atomic E-state index is 12.2. The number of amides is 2. The van der Waals surface area contributed by atoms with E-state index in [9.17, 15) is 14.4 Å². The minimum atomic E-state index is -1.08. The zero-order valence-electron chi connectivity index (χ0n) is 12.2. The summed E-state index contributed by atoms with van der Waals surface area (Å²) in [5, 5.41) is 11.7. The normalized spacial score (nSPS) is 17.4. The predicted octanol–water partition coefficient (Wildman–Crippen LogP) is 0.782. The molecule has 1 fully saturated rings. The highest BCUT2D eigenvalue weighted by molar-refractivity contribution is 6.01. The van der Waals surface area contributed by atoms with Gasteiger partial charge in [0.1, 0.15) is 0 Å². The SMILES string of the molecule is CCNC(=O)C1CCN(C(=O)C(C)=C(C)C(=O)O)CC1. The lowest BCUT2D eigenvalue weighted by Crippen LogP contribution is -2.43. The number of carbonyl (C=O) groups is 3. The van der Waals surface area contributed by atoms with E-state index in [1.807, 2.05) is 6.92 Å². The molecule has 0 spiro atoms. The van der Waals surface area contributed by atoms with Gasteiger partial charge < -0.3 is 15.3 Å². The van der Waals surface area contributed by atoms with Crippen LogP contribution >= 0.6 is 0 Å². The number of hydrogen-bond donors (Lipinski definition) is 2. The highest BCUT2D eigenvalue weighted by atomic mass is 16.4. The zero-order valence-corrected chi connectivity index (χ0v) is 12.2. The van der Waals surface area contributed by atoms with E-state index in [1.54, 1.807) is 4.90 Å². The summed E-state index contributed by atoms with van der Waals surface area (Å²) >= 11 is 0. The van der Waals surface area contributed by atoms with Crippen molar-refractivity contribution in [3.8, 4) is 0 Å². The number of piperidine rings is 1. The summed E-state index contributed by atoms with van der Waals surface area (Å²) in [6.07, 6.45) is 1.24. The molecule has 112 valence electrons. The van der Waals surface area contributed by atoms with Crippen LogP contribution in [0.25, 0.3) is 0 Å². The van der Waals surface area contributed by atoms with Gasteiger partial charge in [-0.25, -0.2) is 4.79 Å². The van der Waals surface area contributed by atoms with Crippen molar-refractivity contribution in [1.82, 2.24) is 10.2 Å². The Kier molecular flexibility index (Phi) is 5.73. The Morgan fingerprint density at radius 3 is 2.15 bits per heavy atom. The van der Waals surface area contributed by atoms with E-state index in [2.05, 4.69) is 5.32 Å². The molecular weight excluding hydrogens is 260 g/mol. The third-order valence-corrected chi connectivity index (χ3v) is 3.71. The van der Waals surface area contributed by atoms with E-state index >= 15 is 0 Å². The Morgan fingerprint density at radius 2 is 1.70 bits per heavy atom. The predicted molar refractivity (Wildman–Crippen MR) is 74.0 cm³/mol. The number of rotatable bonds is 4. The summed E-state index contributed by atoms with van der Waals surface area (Å²) in [4.78, 5) is 36.3. The molecule has 6 heteroatoms. The van der Waals surface area contributed by atoms with E-state index in [0.717, 1.165) is 0 Å². The van der Waals surface area contributed by atoms with Crippen molar-refractivity contribution >= 4 is 17.8 Å². The van der Waals surface area contributed by atoms with Crippen LogP contribution in [0.15, 0.2) is 11.1 Å². The average molecular weight is 282 g/mol. The van der Waals surface area contributed by atoms with E-state index in [1.165, 1.54) is 13.8 Å². The van der Waals surface area contributed by atoms with Crippen molar-refractivity contribution in [3.05, 3.63) is 11.1 Å². The number of likely N-dealkylation sites (tertiary alicyclic amines) is 1. The minimum absolute atomic E-state index is 0.0357. The molecular formula is C14H22N2O4. The molecule has 1 aliphatic heterocycles. The van der Waals surface area contributed by atoms with Crippen LogP contribution in [0.5, 0.6) is 0 Å². The van der Waals surface area contributed by atoms with Crippen LogP contribution in [0.4, 0.5) is 0 Å². The lowest BCUT2D eigenvalue weighted by atomic mass is 9.95. The highest BCUT2D eigenvalue weighted by Gasteiger charge is 2.28. The molecule has 20 heavy (non-hydrogen) atoms. The molecule has 0 unspecified atom stereocenters. The summed E-state index contributed by atoms with van der Waals surface area (Å²) in [7, 11) is 0. The van der Waals surface area contributed by atoms with Crippen molar-refractivity contribution in [2.45, 2.75) is 33.6 Å². The third kappa shape index (κ3) is 3.82. The fourth-order valence-electron chi connectivity index (χ4n) is 2.22.